The molecule has 17 atom stereocenters. The fraction of sp³-hybridized carbons (Fsp3) is 0.579. The molecule has 0 radical (unpaired) electrons. The van der Waals surface area contributed by atoms with Gasteiger partial charge in [0.2, 0.25) is 100 Å². The maximum absolute atomic E-state index is 14.7. The Morgan fingerprint density at radius 2 is 0.735 bits per heavy atom. The molecule has 0 aliphatic carbocycles. The highest BCUT2D eigenvalue weighted by Gasteiger charge is 2.44. The summed E-state index contributed by atoms with van der Waals surface area (Å²) in [6, 6.07) is -5.40. The number of benzene rings is 3. The van der Waals surface area contributed by atoms with Crippen LogP contribution in [-0.4, -0.2) is 323 Å². The molecule has 0 spiro atoms. The van der Waals surface area contributed by atoms with Crippen LogP contribution in [0.2, 0.25) is 0 Å². The third-order valence-corrected chi connectivity index (χ3v) is 23.5. The lowest BCUT2D eigenvalue weighted by Crippen LogP contribution is -2.64. The summed E-state index contributed by atoms with van der Waals surface area (Å²) in [7, 11) is 1.50. The maximum atomic E-state index is 14.7. The molecule has 0 bridgehead atoms. The number of rotatable bonds is 66. The van der Waals surface area contributed by atoms with Crippen LogP contribution in [0, 0.1) is 23.2 Å². The zero-order valence-electron chi connectivity index (χ0n) is 84.8. The molecule has 3 rings (SSSR count). The lowest BCUT2D eigenvalue weighted by atomic mass is 9.95. The molecule has 147 heavy (non-hydrogen) atoms. The fourth-order valence-electron chi connectivity index (χ4n) is 14.4. The number of unbranched alkanes of at least 4 members (excludes halogenated alkanes) is 1. The summed E-state index contributed by atoms with van der Waals surface area (Å²) in [4.78, 5) is 290. The number of carbonyl (C=O) groups is 21. The molecule has 0 unspecified atom stereocenters. The molecule has 52 heteroatoms. The van der Waals surface area contributed by atoms with Crippen LogP contribution in [0.25, 0.3) is 0 Å². The van der Waals surface area contributed by atoms with Crippen molar-refractivity contribution in [2.75, 3.05) is 39.9 Å². The number of hydrogen-bond donors (Lipinski definition) is 31. The van der Waals surface area contributed by atoms with Crippen LogP contribution in [0.1, 0.15) is 184 Å². The summed E-state index contributed by atoms with van der Waals surface area (Å²) in [6.45, 7) is 14.7. The maximum Gasteiger partial charge on any atom is 0.326 e. The van der Waals surface area contributed by atoms with E-state index in [0.717, 1.165) is 6.92 Å². The number of nitrogens with two attached hydrogens (primary N) is 2. The van der Waals surface area contributed by atoms with E-state index in [4.69, 9.17) is 16.9 Å². The largest absolute Gasteiger partial charge is 0.508 e. The summed E-state index contributed by atoms with van der Waals surface area (Å²) in [6.07, 6.45) is -5.62. The fourth-order valence-corrected chi connectivity index (χ4v) is 14.4. The van der Waals surface area contributed by atoms with Crippen LogP contribution in [-0.2, 0) is 120 Å². The van der Waals surface area contributed by atoms with Crippen molar-refractivity contribution in [2.24, 2.45) is 29.2 Å². The van der Waals surface area contributed by atoms with E-state index in [1.165, 1.54) is 98.8 Å². The predicted molar refractivity (Wildman–Crippen MR) is 527 cm³/mol. The number of phenols is 2. The monoisotopic (exact) mass is 2080 g/mol. The highest BCUT2D eigenvalue weighted by molar-refractivity contribution is 6.03. The van der Waals surface area contributed by atoms with Crippen molar-refractivity contribution < 1.29 is 147 Å². The first-order chi connectivity index (χ1) is 68.8. The van der Waals surface area contributed by atoms with Gasteiger partial charge < -0.3 is 158 Å². The average molecular weight is 2080 g/mol. The Hall–Kier alpha value is -14.8. The molecule has 0 heterocycles. The standard InChI is InChI=1S/C95H146N22O30/c1-15-49(5)72(113-80(135)63(41-52-23-18-17-19-24-52)106-86(141)74(51(7)120)112-68(123)45-101-75(130)58(35-36-69(124)125)109-89(145)93(8,9)116-84(139)60(99-14)40-53-27-31-55(121)32-28-53)85(140)108-66(46-118)81(136)105-65(44-71(128)129)79(134)103-62(42-54-29-33-56(122)34-30-54)77(132)107-67(47-119)82(137)114-73(50(6)16-2)87(142)117-95(12,13)91(147)111-61(39-48(3)4)76(131)104-64(43-70(126)127)78(133)102-57(26-22-38-100-92(97)98)83(138)115-94(10,11)90(146)110-59(88(143)144)25-20-21-37-96/h17-19,23-24,27-34,48-51,57-67,72-74,99,118-122H,15-16,20-22,25-26,35-47,96H2,1-14H3,(H,101,130)(H,102,133)(H,103,134)(H,104,131)(H,105,136)(H,106,141)(H,107,132)(H,108,140)(H,109,145)(H,110,146)(H,111,147)(H,112,123)(H,113,135)(H,114,137)(H,115,138)(H,116,139)(H,117,142)(H,124,125)(H,126,127)(H,128,129)(H,143,144)(H4,97,98,100)/t49-,50-,51+,57-,58-,59-,60-,61-,62-,63-,64-,65-,66-,67-,72-,73-,74-/m0/s1. The number of carboxylic acid groups (broad SMARTS) is 4. The SMILES string of the molecule is CC[C@H](C)[C@H](NC(=O)[C@H](Cc1ccccc1)NC(=O)[C@@H](NC(=O)CNC(=O)[C@H](CCC(=O)O)NC(=O)C(C)(C)NC(=O)[C@H](Cc1ccc(O)cc1)NC)[C@@H](C)O)C(=O)N[C@@H](CO)C(=O)N[C@@H](CC(=O)O)C(=O)N[C@@H](Cc1ccc(O)cc1)C(=O)N[C@@H](CO)C(=O)N[C@H](C(=O)NC(C)(C)C(=O)N[C@@H](CC(C)C)C(=O)N[C@@H](CC(=O)O)C(=O)N[C@@H](CCCNC(=N)N)C(=O)NC(C)(C)C(=O)N[C@@H](CCCCN)C(=O)O)[C@@H](C)CC. The molecule has 33 N–H and O–H groups in total. The molecule has 17 amide bonds. The summed E-state index contributed by atoms with van der Waals surface area (Å²) < 4.78 is 0. The molecule has 0 saturated heterocycles. The zero-order valence-corrected chi connectivity index (χ0v) is 84.8. The van der Waals surface area contributed by atoms with Crippen molar-refractivity contribution in [2.45, 2.75) is 294 Å². The molecule has 0 fully saturated rings. The highest BCUT2D eigenvalue weighted by atomic mass is 16.4. The molecular formula is C95H146N22O30. The number of nitrogens with one attached hydrogen (secondary N) is 20. The Kier molecular flexibility index (Phi) is 52.8. The Bertz CT molecular complexity index is 5030. The van der Waals surface area contributed by atoms with Crippen molar-refractivity contribution in [3.8, 4) is 11.5 Å². The number of likely N-dealkylation sites (N-methyl/N-ethyl adjacent to an activating group) is 1. The van der Waals surface area contributed by atoms with Gasteiger partial charge >= 0.3 is 23.9 Å². The minimum atomic E-state index is -2.21. The van der Waals surface area contributed by atoms with E-state index < -0.39 is 307 Å². The normalized spacial score (nSPS) is 14.9. The summed E-state index contributed by atoms with van der Waals surface area (Å²) in [5.74, 6) is -28.3. The van der Waals surface area contributed by atoms with Crippen molar-refractivity contribution in [1.82, 2.24) is 101 Å². The molecule has 0 aromatic heterocycles. The number of phenolic OH excluding ortho intramolecular Hbond substituents is 2. The van der Waals surface area contributed by atoms with Crippen LogP contribution in [0.5, 0.6) is 11.5 Å². The van der Waals surface area contributed by atoms with Gasteiger partial charge in [-0.25, -0.2) is 4.79 Å². The van der Waals surface area contributed by atoms with E-state index in [2.05, 4.69) is 101 Å². The Morgan fingerprint density at radius 3 is 1.16 bits per heavy atom. The minimum Gasteiger partial charge on any atom is -0.508 e. The second-order valence-corrected chi connectivity index (χ2v) is 37.6. The first-order valence-electron chi connectivity index (χ1n) is 47.8. The minimum absolute atomic E-state index is 0.00350. The lowest BCUT2D eigenvalue weighted by Gasteiger charge is -2.33. The van der Waals surface area contributed by atoms with Crippen LogP contribution in [0.4, 0.5) is 0 Å². The first-order valence-corrected chi connectivity index (χ1v) is 47.8. The highest BCUT2D eigenvalue weighted by Crippen LogP contribution is 2.21. The van der Waals surface area contributed by atoms with Crippen LogP contribution >= 0.6 is 0 Å². The molecule has 3 aromatic rings. The van der Waals surface area contributed by atoms with Gasteiger partial charge in [0.1, 0.15) is 107 Å². The van der Waals surface area contributed by atoms with Crippen LogP contribution < -0.4 is 112 Å². The van der Waals surface area contributed by atoms with Crippen molar-refractivity contribution in [1.29, 1.82) is 5.41 Å². The third kappa shape index (κ3) is 44.4. The third-order valence-electron chi connectivity index (χ3n) is 23.5. The van der Waals surface area contributed by atoms with Gasteiger partial charge in [0.25, 0.3) is 0 Å². The topological polar surface area (TPSA) is 845 Å². The van der Waals surface area contributed by atoms with Crippen molar-refractivity contribution >= 4 is 130 Å². The van der Waals surface area contributed by atoms with E-state index in [0.29, 0.717) is 24.0 Å². The smallest absolute Gasteiger partial charge is 0.326 e. The predicted octanol–water partition coefficient (Wildman–Crippen LogP) is -6.39. The molecule has 816 valence electrons. The molecule has 0 aliphatic rings. The number of carbonyl (C=O) groups excluding carboxylic acids is 17. The van der Waals surface area contributed by atoms with E-state index in [9.17, 15) is 147 Å². The van der Waals surface area contributed by atoms with E-state index >= 15 is 0 Å². The number of hydrogen-bond acceptors (Lipinski definition) is 29. The quantitative estimate of drug-likeness (QED) is 0.0142. The number of aliphatic hydroxyl groups is 3. The number of carboxylic acids is 4. The Balaban J connectivity index is 1.89. The Labute approximate surface area is 849 Å². The number of aliphatic hydroxyl groups excluding tert-OH is 3. The number of aliphatic carboxylic acids is 4. The molecule has 0 aliphatic heterocycles. The van der Waals surface area contributed by atoms with Gasteiger partial charge in [-0.15, -0.1) is 0 Å². The summed E-state index contributed by atoms with van der Waals surface area (Å²) in [5.41, 5.74) is 6.55. The molecule has 52 nitrogen and oxygen atoms in total. The lowest BCUT2D eigenvalue weighted by molar-refractivity contribution is -0.143. The van der Waals surface area contributed by atoms with Crippen molar-refractivity contribution in [3.05, 3.63) is 95.6 Å². The number of amides is 17. The summed E-state index contributed by atoms with van der Waals surface area (Å²) >= 11 is 0. The second-order valence-electron chi connectivity index (χ2n) is 37.6. The van der Waals surface area contributed by atoms with E-state index in [1.807, 2.05) is 0 Å². The first kappa shape index (κ1) is 126. The number of guanidine groups is 1. The van der Waals surface area contributed by atoms with Gasteiger partial charge in [-0.05, 0) is 172 Å². The van der Waals surface area contributed by atoms with Gasteiger partial charge in [-0.2, -0.15) is 0 Å². The second kappa shape index (κ2) is 61.5. The van der Waals surface area contributed by atoms with Gasteiger partial charge in [0.05, 0.1) is 44.7 Å². The molecule has 0 saturated carbocycles. The van der Waals surface area contributed by atoms with Crippen LogP contribution in [0.15, 0.2) is 78.9 Å². The van der Waals surface area contributed by atoms with Gasteiger partial charge in [0.15, 0.2) is 5.96 Å². The van der Waals surface area contributed by atoms with Crippen molar-refractivity contribution in [3.63, 3.8) is 0 Å². The number of aromatic hydroxyl groups is 2. The molecule has 3 aromatic carbocycles. The van der Waals surface area contributed by atoms with Gasteiger partial charge in [0, 0.05) is 25.8 Å². The zero-order chi connectivity index (χ0) is 111. The van der Waals surface area contributed by atoms with E-state index in [1.54, 1.807) is 70.2 Å². The molecular weight excluding hydrogens is 1930 g/mol. The van der Waals surface area contributed by atoms with E-state index in [-0.39, 0.29) is 81.5 Å². The summed E-state index contributed by atoms with van der Waals surface area (Å²) in [5, 5.41) is 145. The van der Waals surface area contributed by atoms with Gasteiger partial charge in [-0.1, -0.05) is 109 Å². The average Bonchev–Trinajstić information content (AvgIpc) is 0.830. The Morgan fingerprint density at radius 1 is 0.374 bits per heavy atom. The van der Waals surface area contributed by atoms with Crippen LogP contribution in [0.3, 0.4) is 0 Å². The van der Waals surface area contributed by atoms with Gasteiger partial charge in [-0.3, -0.25) is 101 Å².